The Hall–Kier alpha value is -6.96. The van der Waals surface area contributed by atoms with Gasteiger partial charge < -0.3 is 4.90 Å². The summed E-state index contributed by atoms with van der Waals surface area (Å²) in [6.45, 7) is 1.01. The van der Waals surface area contributed by atoms with Crippen LogP contribution in [-0.4, -0.2) is 6.54 Å². The molecule has 0 saturated carbocycles. The van der Waals surface area contributed by atoms with E-state index in [9.17, 15) is 0 Å². The summed E-state index contributed by atoms with van der Waals surface area (Å²) in [5.74, 6) is 0. The Balaban J connectivity index is 1.13. The van der Waals surface area contributed by atoms with Crippen molar-refractivity contribution >= 4 is 54.5 Å². The van der Waals surface area contributed by atoms with Gasteiger partial charge >= 0.3 is 0 Å². The molecule has 0 saturated heterocycles. The van der Waals surface area contributed by atoms with Gasteiger partial charge in [-0.1, -0.05) is 188 Å². The highest BCUT2D eigenvalue weighted by atomic mass is 15.1. The average molecular weight is 714 g/mol. The first-order valence-corrected chi connectivity index (χ1v) is 19.8. The van der Waals surface area contributed by atoms with E-state index in [1.807, 2.05) is 0 Å². The van der Waals surface area contributed by atoms with Crippen LogP contribution in [0.3, 0.4) is 0 Å². The summed E-state index contributed by atoms with van der Waals surface area (Å²) >= 11 is 0. The molecule has 1 nitrogen and oxygen atoms in total. The number of hydrogen-bond acceptors (Lipinski definition) is 1. The standard InChI is InChI=1S/C55H39N/c1-3-16-37(17-4-1)42-33-34-47-50(36-42)54(39-19-5-2-6-20-39)44-23-9-8-22-43(44)52(47)40-29-31-41(32-30-40)53-45-24-10-12-26-48(45)55(49-27-13-11-25-46(49)53)56-35-15-21-38-18-7-14-28-51(38)56/h1-14,16-20,22-34,36H,15,21,35H2. The van der Waals surface area contributed by atoms with E-state index in [0.717, 1.165) is 19.4 Å². The minimum Gasteiger partial charge on any atom is -0.340 e. The van der Waals surface area contributed by atoms with Crippen molar-refractivity contribution in [2.45, 2.75) is 12.8 Å². The third-order valence-corrected chi connectivity index (χ3v) is 11.9. The molecule has 0 fully saturated rings. The van der Waals surface area contributed by atoms with Gasteiger partial charge in [-0.2, -0.15) is 0 Å². The molecular weight excluding hydrogens is 675 g/mol. The Morgan fingerprint density at radius 2 is 0.714 bits per heavy atom. The zero-order valence-corrected chi connectivity index (χ0v) is 31.1. The maximum Gasteiger partial charge on any atom is 0.0570 e. The molecule has 0 unspecified atom stereocenters. The summed E-state index contributed by atoms with van der Waals surface area (Å²) in [5.41, 5.74) is 14.1. The van der Waals surface area contributed by atoms with E-state index in [1.165, 1.54) is 105 Å². The molecule has 10 aromatic rings. The molecule has 1 aliphatic heterocycles. The number of fused-ring (bicyclic) bond motifs is 5. The van der Waals surface area contributed by atoms with Crippen molar-refractivity contribution in [3.05, 3.63) is 206 Å². The fraction of sp³-hybridized carbons (Fsp3) is 0.0545. The summed E-state index contributed by atoms with van der Waals surface area (Å²) < 4.78 is 0. The van der Waals surface area contributed by atoms with Crippen LogP contribution in [0.15, 0.2) is 200 Å². The van der Waals surface area contributed by atoms with E-state index in [-0.39, 0.29) is 0 Å². The number of aryl methyl sites for hydroxylation is 1. The molecule has 11 rings (SSSR count). The Labute approximate surface area is 327 Å². The highest BCUT2D eigenvalue weighted by molar-refractivity contribution is 6.23. The zero-order valence-electron chi connectivity index (χ0n) is 31.1. The van der Waals surface area contributed by atoms with Gasteiger partial charge in [0.05, 0.1) is 5.69 Å². The minimum absolute atomic E-state index is 1.01. The molecule has 0 bridgehead atoms. The zero-order chi connectivity index (χ0) is 37.0. The summed E-state index contributed by atoms with van der Waals surface area (Å²) in [7, 11) is 0. The van der Waals surface area contributed by atoms with Gasteiger partial charge in [0.15, 0.2) is 0 Å². The largest absolute Gasteiger partial charge is 0.340 e. The summed E-state index contributed by atoms with van der Waals surface area (Å²) in [6.07, 6.45) is 2.27. The fourth-order valence-electron chi connectivity index (χ4n) is 9.49. The maximum atomic E-state index is 2.58. The molecule has 1 aliphatic rings. The fourth-order valence-corrected chi connectivity index (χ4v) is 9.49. The number of nitrogens with zero attached hydrogens (tertiary/aromatic N) is 1. The van der Waals surface area contributed by atoms with Crippen molar-refractivity contribution < 1.29 is 0 Å². The van der Waals surface area contributed by atoms with Crippen LogP contribution in [0, 0.1) is 0 Å². The molecule has 0 amide bonds. The molecule has 10 aromatic carbocycles. The van der Waals surface area contributed by atoms with Crippen LogP contribution < -0.4 is 4.90 Å². The molecule has 0 atom stereocenters. The smallest absolute Gasteiger partial charge is 0.0570 e. The van der Waals surface area contributed by atoms with Crippen LogP contribution in [0.1, 0.15) is 12.0 Å². The predicted octanol–water partition coefficient (Wildman–Crippen LogP) is 15.1. The molecular formula is C55H39N. The predicted molar refractivity (Wildman–Crippen MR) is 240 cm³/mol. The van der Waals surface area contributed by atoms with E-state index in [0.29, 0.717) is 0 Å². The van der Waals surface area contributed by atoms with Gasteiger partial charge in [-0.25, -0.2) is 0 Å². The van der Waals surface area contributed by atoms with E-state index in [4.69, 9.17) is 0 Å². The SMILES string of the molecule is c1ccc(-c2ccc3c(-c4ccc(-c5c6ccccc6c(N6CCCc7ccccc76)c6ccccc56)cc4)c4ccccc4c(-c4ccccc4)c3c2)cc1. The van der Waals surface area contributed by atoms with Gasteiger partial charge in [0.1, 0.15) is 0 Å². The van der Waals surface area contributed by atoms with Crippen molar-refractivity contribution in [2.75, 3.05) is 11.4 Å². The van der Waals surface area contributed by atoms with Crippen molar-refractivity contribution in [2.24, 2.45) is 0 Å². The second kappa shape index (κ2) is 13.4. The third kappa shape index (κ3) is 5.23. The van der Waals surface area contributed by atoms with E-state index >= 15 is 0 Å². The molecule has 0 N–H and O–H groups in total. The van der Waals surface area contributed by atoms with Crippen LogP contribution >= 0.6 is 0 Å². The Kier molecular flexibility index (Phi) is 7.77. The quantitative estimate of drug-likeness (QED) is 0.161. The van der Waals surface area contributed by atoms with E-state index in [2.05, 4.69) is 205 Å². The Morgan fingerprint density at radius 3 is 1.30 bits per heavy atom. The van der Waals surface area contributed by atoms with Crippen LogP contribution in [0.2, 0.25) is 0 Å². The van der Waals surface area contributed by atoms with E-state index < -0.39 is 0 Å². The second-order valence-electron chi connectivity index (χ2n) is 15.1. The lowest BCUT2D eigenvalue weighted by atomic mass is 9.84. The third-order valence-electron chi connectivity index (χ3n) is 11.9. The highest BCUT2D eigenvalue weighted by Gasteiger charge is 2.24. The summed E-state index contributed by atoms with van der Waals surface area (Å²) in [4.78, 5) is 2.58. The van der Waals surface area contributed by atoms with Crippen LogP contribution in [-0.2, 0) is 6.42 Å². The van der Waals surface area contributed by atoms with Crippen molar-refractivity contribution in [1.29, 1.82) is 0 Å². The lowest BCUT2D eigenvalue weighted by molar-refractivity contribution is 0.770. The number of benzene rings is 10. The minimum atomic E-state index is 1.01. The molecule has 0 aromatic heterocycles. The van der Waals surface area contributed by atoms with Crippen molar-refractivity contribution in [3.8, 4) is 44.5 Å². The maximum absolute atomic E-state index is 2.58. The van der Waals surface area contributed by atoms with Gasteiger partial charge in [0.25, 0.3) is 0 Å². The first-order valence-electron chi connectivity index (χ1n) is 19.8. The Bertz CT molecular complexity index is 3030. The monoisotopic (exact) mass is 713 g/mol. The lowest BCUT2D eigenvalue weighted by Gasteiger charge is -2.34. The van der Waals surface area contributed by atoms with Gasteiger partial charge in [-0.15, -0.1) is 0 Å². The van der Waals surface area contributed by atoms with Gasteiger partial charge in [0.2, 0.25) is 0 Å². The lowest BCUT2D eigenvalue weighted by Crippen LogP contribution is -2.25. The molecule has 264 valence electrons. The normalized spacial score (nSPS) is 12.8. The number of hydrogen-bond donors (Lipinski definition) is 0. The molecule has 1 heterocycles. The van der Waals surface area contributed by atoms with Crippen LogP contribution in [0.4, 0.5) is 11.4 Å². The van der Waals surface area contributed by atoms with Crippen molar-refractivity contribution in [3.63, 3.8) is 0 Å². The van der Waals surface area contributed by atoms with Gasteiger partial charge in [-0.05, 0) is 107 Å². The second-order valence-corrected chi connectivity index (χ2v) is 15.1. The van der Waals surface area contributed by atoms with E-state index in [1.54, 1.807) is 0 Å². The first kappa shape index (κ1) is 32.5. The van der Waals surface area contributed by atoms with Gasteiger partial charge in [-0.3, -0.25) is 0 Å². The summed E-state index contributed by atoms with van der Waals surface area (Å²) in [6, 6.07) is 74.0. The Morgan fingerprint density at radius 1 is 0.304 bits per heavy atom. The molecule has 0 spiro atoms. The first-order chi connectivity index (χ1) is 27.8. The molecule has 1 heteroatoms. The summed E-state index contributed by atoms with van der Waals surface area (Å²) in [5, 5.41) is 10.2. The average Bonchev–Trinajstić information content (AvgIpc) is 3.28. The topological polar surface area (TPSA) is 3.24 Å². The molecule has 0 radical (unpaired) electrons. The number of rotatable bonds is 5. The molecule has 0 aliphatic carbocycles. The van der Waals surface area contributed by atoms with Crippen molar-refractivity contribution in [1.82, 2.24) is 0 Å². The number of para-hydroxylation sites is 1. The number of anilines is 2. The molecule has 56 heavy (non-hydrogen) atoms. The highest BCUT2D eigenvalue weighted by Crippen LogP contribution is 2.48. The van der Waals surface area contributed by atoms with Crippen LogP contribution in [0.5, 0.6) is 0 Å². The van der Waals surface area contributed by atoms with Gasteiger partial charge in [0, 0.05) is 23.0 Å². The van der Waals surface area contributed by atoms with Crippen LogP contribution in [0.25, 0.3) is 87.6 Å².